The average molecular weight is 723 g/mol. The zero-order chi connectivity index (χ0) is 35.5. The number of rotatable bonds is 3. The van der Waals surface area contributed by atoms with Crippen LogP contribution in [-0.4, -0.2) is 0 Å². The molecule has 53 heavy (non-hydrogen) atoms. The van der Waals surface area contributed by atoms with Crippen molar-refractivity contribution in [2.24, 2.45) is 123 Å². The molecule has 0 aliphatic heterocycles. The highest BCUT2D eigenvalue weighted by molar-refractivity contribution is 5.26. The topological polar surface area (TPSA) is 0 Å². The Balaban J connectivity index is 1.03. The third kappa shape index (κ3) is 5.55. The minimum absolute atomic E-state index is 0.508. The van der Waals surface area contributed by atoms with Crippen molar-refractivity contribution in [1.29, 1.82) is 0 Å². The van der Waals surface area contributed by atoms with Crippen LogP contribution in [0, 0.1) is 123 Å². The van der Waals surface area contributed by atoms with Gasteiger partial charge in [0, 0.05) is 0 Å². The van der Waals surface area contributed by atoms with Crippen molar-refractivity contribution in [1.82, 2.24) is 0 Å². The normalized spacial score (nSPS) is 53.5. The highest BCUT2D eigenvalue weighted by atomic mass is 14.8. The van der Waals surface area contributed by atoms with Gasteiger partial charge in [-0.2, -0.15) is 0 Å². The summed E-state index contributed by atoms with van der Waals surface area (Å²) in [6, 6.07) is 0. The van der Waals surface area contributed by atoms with Crippen molar-refractivity contribution in [2.75, 3.05) is 0 Å². The third-order valence-electron chi connectivity index (χ3n) is 22.6. The molecule has 0 aromatic rings. The largest absolute Gasteiger partial charge is 0.0599 e. The molecule has 0 bridgehead atoms. The van der Waals surface area contributed by atoms with Crippen molar-refractivity contribution < 1.29 is 0 Å². The summed E-state index contributed by atoms with van der Waals surface area (Å²) in [5.74, 6) is 21.3. The highest BCUT2D eigenvalue weighted by Gasteiger charge is 2.79. The molecule has 11 aliphatic carbocycles. The van der Waals surface area contributed by atoms with Gasteiger partial charge in [-0.1, -0.05) is 136 Å². The molecule has 1 spiro atoms. The molecule has 15 unspecified atom stereocenters. The summed E-state index contributed by atoms with van der Waals surface area (Å²) >= 11 is 0. The third-order valence-corrected chi connectivity index (χ3v) is 22.6. The molecule has 0 N–H and O–H groups in total. The Kier molecular flexibility index (Phi) is 9.59. The van der Waals surface area contributed by atoms with E-state index in [4.69, 9.17) is 0 Å². The number of fused-ring (bicyclic) bond motifs is 13. The molecule has 11 aliphatic rings. The van der Waals surface area contributed by atoms with Gasteiger partial charge in [-0.25, -0.2) is 0 Å². The van der Waals surface area contributed by atoms with Gasteiger partial charge in [-0.15, -0.1) is 0 Å². The second kappa shape index (κ2) is 14.1. The van der Waals surface area contributed by atoms with E-state index in [2.05, 4.69) is 20.8 Å². The summed E-state index contributed by atoms with van der Waals surface area (Å²) in [5.41, 5.74) is 1.27. The fraction of sp³-hybridized carbons (Fsp3) is 1.00. The van der Waals surface area contributed by atoms with Crippen LogP contribution in [0.1, 0.15) is 207 Å². The number of hydrogen-bond donors (Lipinski definition) is 0. The van der Waals surface area contributed by atoms with E-state index in [1.165, 1.54) is 0 Å². The van der Waals surface area contributed by atoms with Gasteiger partial charge in [0.2, 0.25) is 0 Å². The molecular formula is C53H86. The molecule has 0 heteroatoms. The van der Waals surface area contributed by atoms with Gasteiger partial charge in [-0.3, -0.25) is 0 Å². The lowest BCUT2D eigenvalue weighted by Crippen LogP contribution is -2.69. The predicted octanol–water partition coefficient (Wildman–Crippen LogP) is 15.2. The minimum atomic E-state index is 0.508. The standard InChI is InChI=1S/C53H86/c1-52(2,3)39-26-27-41-37(31-39)25-29-44-48(41)49-43-32-38-24-23-33-15-13-14-22-40(33)46(38)42(43)28-30-45(49)53(44)50(35-18-9-5-10-19-35)47(34-16-7-4-8-17-34)51(53)36-20-11-6-12-21-36/h33-51H,4-32H2,1-3H3. The van der Waals surface area contributed by atoms with E-state index >= 15 is 0 Å². The lowest BCUT2D eigenvalue weighted by Gasteiger charge is -2.73. The lowest BCUT2D eigenvalue weighted by molar-refractivity contribution is -0.261. The Hall–Kier alpha value is 0. The van der Waals surface area contributed by atoms with E-state index < -0.39 is 0 Å². The zero-order valence-corrected chi connectivity index (χ0v) is 35.5. The second-order valence-corrected chi connectivity index (χ2v) is 24.8. The van der Waals surface area contributed by atoms with E-state index in [1.54, 1.807) is 186 Å². The Morgan fingerprint density at radius 1 is 0.321 bits per heavy atom. The van der Waals surface area contributed by atoms with Gasteiger partial charge in [0.25, 0.3) is 0 Å². The highest BCUT2D eigenvalue weighted by Crippen LogP contribution is 2.84. The summed E-state index contributed by atoms with van der Waals surface area (Å²) in [4.78, 5) is 0. The SMILES string of the molecule is CC(C)(C)C1CCC2C(CCC3C2C2C4CC5CCC6CCCCC6C5C4CCC2C32C(C3CCCCC3)C(C3CCCCC3)C2C2CCCCC2)C1. The fourth-order valence-electron chi connectivity index (χ4n) is 21.4. The van der Waals surface area contributed by atoms with E-state index in [9.17, 15) is 0 Å². The van der Waals surface area contributed by atoms with Crippen LogP contribution in [0.3, 0.4) is 0 Å². The van der Waals surface area contributed by atoms with Crippen molar-refractivity contribution in [2.45, 2.75) is 207 Å². The van der Waals surface area contributed by atoms with Gasteiger partial charge in [-0.05, 0) is 194 Å². The Morgan fingerprint density at radius 3 is 1.47 bits per heavy atom. The molecule has 11 fully saturated rings. The quantitative estimate of drug-likeness (QED) is 0.272. The van der Waals surface area contributed by atoms with Crippen LogP contribution in [0.25, 0.3) is 0 Å². The van der Waals surface area contributed by atoms with Crippen LogP contribution in [0.2, 0.25) is 0 Å². The molecule has 0 aromatic heterocycles. The van der Waals surface area contributed by atoms with Crippen LogP contribution in [-0.2, 0) is 0 Å². The van der Waals surface area contributed by atoms with Crippen LogP contribution in [0.5, 0.6) is 0 Å². The minimum Gasteiger partial charge on any atom is -0.0599 e. The maximum absolute atomic E-state index is 2.61. The predicted molar refractivity (Wildman–Crippen MR) is 222 cm³/mol. The molecular weight excluding hydrogens is 637 g/mol. The van der Waals surface area contributed by atoms with Gasteiger partial charge in [0.15, 0.2) is 0 Å². The Morgan fingerprint density at radius 2 is 0.811 bits per heavy atom. The number of hydrogen-bond acceptors (Lipinski definition) is 0. The first-order valence-corrected chi connectivity index (χ1v) is 25.9. The van der Waals surface area contributed by atoms with Gasteiger partial charge in [0.1, 0.15) is 0 Å². The van der Waals surface area contributed by atoms with E-state index in [0.29, 0.717) is 5.41 Å². The molecule has 11 saturated carbocycles. The van der Waals surface area contributed by atoms with E-state index in [1.807, 2.05) is 0 Å². The maximum Gasteiger partial charge on any atom is -0.0168 e. The van der Waals surface area contributed by atoms with E-state index in [-0.39, 0.29) is 0 Å². The Bertz CT molecular complexity index is 1240. The van der Waals surface area contributed by atoms with E-state index in [0.717, 1.165) is 118 Å². The molecule has 0 saturated heterocycles. The maximum atomic E-state index is 2.61. The van der Waals surface area contributed by atoms with Crippen molar-refractivity contribution in [3.8, 4) is 0 Å². The van der Waals surface area contributed by atoms with Crippen molar-refractivity contribution >= 4 is 0 Å². The molecule has 0 amide bonds. The molecule has 298 valence electrons. The summed E-state index contributed by atoms with van der Waals surface area (Å²) in [7, 11) is 0. The second-order valence-electron chi connectivity index (χ2n) is 24.8. The van der Waals surface area contributed by atoms with Crippen LogP contribution < -0.4 is 0 Å². The molecule has 0 heterocycles. The molecule has 0 aromatic carbocycles. The van der Waals surface area contributed by atoms with Crippen LogP contribution in [0.15, 0.2) is 0 Å². The van der Waals surface area contributed by atoms with Gasteiger partial charge < -0.3 is 0 Å². The summed E-state index contributed by atoms with van der Waals surface area (Å²) in [6.07, 6.45) is 46.9. The molecule has 11 rings (SSSR count). The van der Waals surface area contributed by atoms with Crippen LogP contribution >= 0.6 is 0 Å². The first kappa shape index (κ1) is 36.1. The molecule has 15 atom stereocenters. The first-order valence-electron chi connectivity index (χ1n) is 25.9. The first-order chi connectivity index (χ1) is 25.9. The molecule has 0 nitrogen and oxygen atoms in total. The fourth-order valence-corrected chi connectivity index (χ4v) is 21.4. The van der Waals surface area contributed by atoms with Crippen molar-refractivity contribution in [3.63, 3.8) is 0 Å². The van der Waals surface area contributed by atoms with Gasteiger partial charge >= 0.3 is 0 Å². The summed E-state index contributed by atoms with van der Waals surface area (Å²) < 4.78 is 0. The molecule has 0 radical (unpaired) electrons. The van der Waals surface area contributed by atoms with Crippen LogP contribution in [0.4, 0.5) is 0 Å². The summed E-state index contributed by atoms with van der Waals surface area (Å²) in [5, 5.41) is 0. The van der Waals surface area contributed by atoms with Crippen molar-refractivity contribution in [3.05, 3.63) is 0 Å². The smallest absolute Gasteiger partial charge is 0.0168 e. The lowest BCUT2D eigenvalue weighted by atomic mass is 9.31. The summed E-state index contributed by atoms with van der Waals surface area (Å²) in [6.45, 7) is 7.83. The monoisotopic (exact) mass is 723 g/mol. The Labute approximate surface area is 329 Å². The average Bonchev–Trinajstić information content (AvgIpc) is 3.73. The zero-order valence-electron chi connectivity index (χ0n) is 35.5. The van der Waals surface area contributed by atoms with Gasteiger partial charge in [0.05, 0.1) is 0 Å².